The Bertz CT molecular complexity index is 651. The van der Waals surface area contributed by atoms with E-state index in [1.54, 1.807) is 0 Å². The molecule has 0 unspecified atom stereocenters. The molecule has 0 fully saturated rings. The highest BCUT2D eigenvalue weighted by atomic mass is 19.1. The number of hydrogen-bond donors (Lipinski definition) is 2. The Morgan fingerprint density at radius 2 is 2.14 bits per heavy atom. The predicted molar refractivity (Wildman–Crippen MR) is 79.5 cm³/mol. The first kappa shape index (κ1) is 15.0. The molecule has 0 saturated heterocycles. The van der Waals surface area contributed by atoms with Crippen LogP contribution in [0.25, 0.3) is 0 Å². The van der Waals surface area contributed by atoms with Gasteiger partial charge >= 0.3 is 0 Å². The summed E-state index contributed by atoms with van der Waals surface area (Å²) in [6.07, 6.45) is 0.726. The summed E-state index contributed by atoms with van der Waals surface area (Å²) in [6, 6.07) is 6.04. The van der Waals surface area contributed by atoms with Crippen molar-refractivity contribution in [3.63, 3.8) is 0 Å². The second kappa shape index (κ2) is 6.39. The number of benzene rings is 1. The number of anilines is 1. The van der Waals surface area contributed by atoms with Crippen molar-refractivity contribution in [3.8, 4) is 0 Å². The number of amides is 1. The number of halogens is 1. The zero-order chi connectivity index (χ0) is 15.4. The maximum absolute atomic E-state index is 13.6. The highest BCUT2D eigenvalue weighted by Gasteiger charge is 2.11. The molecule has 2 rings (SSSR count). The molecular formula is C15H19FN4O. The van der Waals surface area contributed by atoms with Gasteiger partial charge in [0.2, 0.25) is 0 Å². The van der Waals surface area contributed by atoms with E-state index in [4.69, 9.17) is 5.73 Å². The van der Waals surface area contributed by atoms with Crippen LogP contribution in [-0.2, 0) is 6.54 Å². The van der Waals surface area contributed by atoms with E-state index in [1.807, 2.05) is 24.6 Å². The molecule has 0 atom stereocenters. The molecule has 0 aliphatic rings. The zero-order valence-electron chi connectivity index (χ0n) is 12.2. The maximum Gasteiger partial charge on any atom is 0.254 e. The highest BCUT2D eigenvalue weighted by molar-refractivity contribution is 5.94. The van der Waals surface area contributed by atoms with Crippen LogP contribution in [0.2, 0.25) is 0 Å². The van der Waals surface area contributed by atoms with Gasteiger partial charge in [-0.15, -0.1) is 0 Å². The van der Waals surface area contributed by atoms with Crippen LogP contribution >= 0.6 is 0 Å². The van der Waals surface area contributed by atoms with Crippen molar-refractivity contribution in [2.24, 2.45) is 0 Å². The fourth-order valence-corrected chi connectivity index (χ4v) is 2.14. The van der Waals surface area contributed by atoms with Gasteiger partial charge in [-0.25, -0.2) is 4.39 Å². The Labute approximate surface area is 123 Å². The molecule has 0 aliphatic carbocycles. The van der Waals surface area contributed by atoms with Crippen LogP contribution in [0, 0.1) is 19.7 Å². The molecule has 0 aliphatic heterocycles. The van der Waals surface area contributed by atoms with Gasteiger partial charge < -0.3 is 11.1 Å². The Balaban J connectivity index is 1.83. The van der Waals surface area contributed by atoms with Crippen LogP contribution in [0.15, 0.2) is 24.3 Å². The minimum Gasteiger partial charge on any atom is -0.399 e. The van der Waals surface area contributed by atoms with E-state index in [1.165, 1.54) is 12.1 Å². The number of carbonyl (C=O) groups is 1. The van der Waals surface area contributed by atoms with Crippen molar-refractivity contribution in [3.05, 3.63) is 47.0 Å². The summed E-state index contributed by atoms with van der Waals surface area (Å²) in [7, 11) is 0. The van der Waals surface area contributed by atoms with E-state index >= 15 is 0 Å². The van der Waals surface area contributed by atoms with Gasteiger partial charge in [0.25, 0.3) is 5.91 Å². The summed E-state index contributed by atoms with van der Waals surface area (Å²) in [5, 5.41) is 7.03. The van der Waals surface area contributed by atoms with Crippen molar-refractivity contribution in [1.82, 2.24) is 15.1 Å². The molecule has 1 aromatic heterocycles. The molecular weight excluding hydrogens is 271 g/mol. The van der Waals surface area contributed by atoms with E-state index in [2.05, 4.69) is 10.4 Å². The number of carbonyl (C=O) groups excluding carboxylic acids is 1. The van der Waals surface area contributed by atoms with Crippen molar-refractivity contribution >= 4 is 11.6 Å². The molecule has 0 spiro atoms. The van der Waals surface area contributed by atoms with Crippen molar-refractivity contribution in [1.29, 1.82) is 0 Å². The second-order valence-corrected chi connectivity index (χ2v) is 5.00. The first-order valence-electron chi connectivity index (χ1n) is 6.81. The molecule has 0 saturated carbocycles. The lowest BCUT2D eigenvalue weighted by atomic mass is 10.2. The molecule has 3 N–H and O–H groups in total. The SMILES string of the molecule is Cc1cc(C)n(CCCNC(=O)c2ccc(N)cc2F)n1. The summed E-state index contributed by atoms with van der Waals surface area (Å²) in [5.74, 6) is -1.04. The van der Waals surface area contributed by atoms with Gasteiger partial charge in [0.1, 0.15) is 5.82 Å². The first-order chi connectivity index (χ1) is 9.97. The molecule has 1 amide bonds. The smallest absolute Gasteiger partial charge is 0.254 e. The minimum atomic E-state index is -0.606. The minimum absolute atomic E-state index is 0.00955. The molecule has 5 nitrogen and oxygen atoms in total. The molecule has 1 aromatic carbocycles. The summed E-state index contributed by atoms with van der Waals surface area (Å²) < 4.78 is 15.5. The lowest BCUT2D eigenvalue weighted by Gasteiger charge is -2.07. The monoisotopic (exact) mass is 290 g/mol. The van der Waals surface area contributed by atoms with Crippen molar-refractivity contribution in [2.45, 2.75) is 26.8 Å². The fourth-order valence-electron chi connectivity index (χ4n) is 2.14. The second-order valence-electron chi connectivity index (χ2n) is 5.00. The number of rotatable bonds is 5. The summed E-state index contributed by atoms with van der Waals surface area (Å²) in [5.41, 5.74) is 7.82. The number of nitrogens with two attached hydrogens (primary N) is 1. The van der Waals surface area contributed by atoms with E-state index in [0.717, 1.165) is 23.9 Å². The number of nitrogens with zero attached hydrogens (tertiary/aromatic N) is 2. The van der Waals surface area contributed by atoms with Crippen LogP contribution in [0.5, 0.6) is 0 Å². The van der Waals surface area contributed by atoms with Crippen LogP contribution < -0.4 is 11.1 Å². The van der Waals surface area contributed by atoms with E-state index in [9.17, 15) is 9.18 Å². The summed E-state index contributed by atoms with van der Waals surface area (Å²) in [4.78, 5) is 11.8. The topological polar surface area (TPSA) is 72.9 Å². The third-order valence-corrected chi connectivity index (χ3v) is 3.17. The molecule has 0 bridgehead atoms. The van der Waals surface area contributed by atoms with E-state index in [-0.39, 0.29) is 5.56 Å². The van der Waals surface area contributed by atoms with Gasteiger partial charge in [-0.3, -0.25) is 9.48 Å². The lowest BCUT2D eigenvalue weighted by Crippen LogP contribution is -2.26. The Morgan fingerprint density at radius 1 is 1.38 bits per heavy atom. The van der Waals surface area contributed by atoms with Gasteiger partial charge in [0.05, 0.1) is 11.3 Å². The molecule has 6 heteroatoms. The van der Waals surface area contributed by atoms with Gasteiger partial charge in [0.15, 0.2) is 0 Å². The fraction of sp³-hybridized carbons (Fsp3) is 0.333. The normalized spacial score (nSPS) is 10.6. The van der Waals surface area contributed by atoms with Crippen LogP contribution in [0.4, 0.5) is 10.1 Å². The maximum atomic E-state index is 13.6. The average molecular weight is 290 g/mol. The third-order valence-electron chi connectivity index (χ3n) is 3.17. The number of hydrogen-bond acceptors (Lipinski definition) is 3. The van der Waals surface area contributed by atoms with Crippen molar-refractivity contribution < 1.29 is 9.18 Å². The average Bonchev–Trinajstić information content (AvgIpc) is 2.73. The summed E-state index contributed by atoms with van der Waals surface area (Å²) >= 11 is 0. The molecule has 0 radical (unpaired) electrons. The molecule has 21 heavy (non-hydrogen) atoms. The zero-order valence-corrected chi connectivity index (χ0v) is 12.2. The molecule has 2 aromatic rings. The number of aromatic nitrogens is 2. The van der Waals surface area contributed by atoms with E-state index < -0.39 is 11.7 Å². The first-order valence-corrected chi connectivity index (χ1v) is 6.81. The van der Waals surface area contributed by atoms with Gasteiger partial charge in [-0.2, -0.15) is 5.10 Å². The van der Waals surface area contributed by atoms with Crippen molar-refractivity contribution in [2.75, 3.05) is 12.3 Å². The number of aryl methyl sites for hydroxylation is 3. The Kier molecular flexibility index (Phi) is 4.57. The Hall–Kier alpha value is -2.37. The van der Waals surface area contributed by atoms with Gasteiger partial charge in [0, 0.05) is 24.5 Å². The predicted octanol–water partition coefficient (Wildman–Crippen LogP) is 2.04. The largest absolute Gasteiger partial charge is 0.399 e. The summed E-state index contributed by atoms with van der Waals surface area (Å²) in [6.45, 7) is 5.10. The Morgan fingerprint density at radius 3 is 2.76 bits per heavy atom. The lowest BCUT2D eigenvalue weighted by molar-refractivity contribution is 0.0948. The van der Waals surface area contributed by atoms with Gasteiger partial charge in [-0.1, -0.05) is 0 Å². The third kappa shape index (κ3) is 3.81. The van der Waals surface area contributed by atoms with Gasteiger partial charge in [-0.05, 0) is 44.5 Å². The van der Waals surface area contributed by atoms with Crippen LogP contribution in [0.1, 0.15) is 28.2 Å². The molecule has 1 heterocycles. The van der Waals surface area contributed by atoms with Crippen LogP contribution in [-0.4, -0.2) is 22.2 Å². The van der Waals surface area contributed by atoms with Crippen LogP contribution in [0.3, 0.4) is 0 Å². The standard InChI is InChI=1S/C15H19FN4O/c1-10-8-11(2)20(19-10)7-3-6-18-15(21)13-5-4-12(17)9-14(13)16/h4-5,8-9H,3,6-7,17H2,1-2H3,(H,18,21). The van der Waals surface area contributed by atoms with E-state index in [0.29, 0.717) is 18.8 Å². The highest BCUT2D eigenvalue weighted by Crippen LogP contribution is 2.11. The number of nitrogen functional groups attached to an aromatic ring is 1. The number of nitrogens with one attached hydrogen (secondary N) is 1. The quantitative estimate of drug-likeness (QED) is 0.654. The molecule has 112 valence electrons.